The Morgan fingerprint density at radius 3 is 2.12 bits per heavy atom. The second-order valence-corrected chi connectivity index (χ2v) is 7.73. The van der Waals surface area contributed by atoms with E-state index in [1.165, 1.54) is 4.90 Å². The summed E-state index contributed by atoms with van der Waals surface area (Å²) in [6.45, 7) is 9.91. The molecule has 0 aliphatic carbocycles. The molecule has 0 saturated carbocycles. The highest BCUT2D eigenvalue weighted by atomic mass is 16.2. The molecule has 1 heterocycles. The number of carbonyl (C=O) groups is 3. The Bertz CT molecular complexity index is 676. The molecule has 2 rings (SSSR count). The first kappa shape index (κ1) is 18.4. The lowest BCUT2D eigenvalue weighted by Crippen LogP contribution is -2.43. The van der Waals surface area contributed by atoms with Gasteiger partial charge in [-0.25, -0.2) is 0 Å². The first-order chi connectivity index (χ1) is 11.0. The van der Waals surface area contributed by atoms with Crippen LogP contribution in [0, 0.1) is 11.3 Å². The smallest absolute Gasteiger partial charge is 0.237 e. The number of amides is 2. The summed E-state index contributed by atoms with van der Waals surface area (Å²) in [4.78, 5) is 37.8. The van der Waals surface area contributed by atoms with Gasteiger partial charge in [-0.1, -0.05) is 46.8 Å². The van der Waals surface area contributed by atoms with Gasteiger partial charge in [0.15, 0.2) is 7.85 Å². The van der Waals surface area contributed by atoms with Gasteiger partial charge in [0.1, 0.15) is 0 Å². The minimum Gasteiger partial charge on any atom is -0.311 e. The zero-order valence-corrected chi connectivity index (χ0v) is 15.5. The van der Waals surface area contributed by atoms with Crippen molar-refractivity contribution in [2.24, 2.45) is 11.3 Å². The first-order valence-electron chi connectivity index (χ1n) is 8.52. The minimum absolute atomic E-state index is 0.112. The van der Waals surface area contributed by atoms with Gasteiger partial charge in [-0.05, 0) is 24.1 Å². The predicted molar refractivity (Wildman–Crippen MR) is 97.7 cm³/mol. The van der Waals surface area contributed by atoms with Crippen molar-refractivity contribution in [2.75, 3.05) is 4.90 Å². The van der Waals surface area contributed by atoms with E-state index in [9.17, 15) is 14.4 Å². The van der Waals surface area contributed by atoms with Crippen molar-refractivity contribution in [1.29, 1.82) is 0 Å². The third-order valence-electron chi connectivity index (χ3n) is 6.02. The van der Waals surface area contributed by atoms with Crippen molar-refractivity contribution in [1.82, 2.24) is 0 Å². The maximum atomic E-state index is 12.3. The largest absolute Gasteiger partial charge is 0.311 e. The van der Waals surface area contributed by atoms with E-state index in [1.54, 1.807) is 20.0 Å². The van der Waals surface area contributed by atoms with Crippen molar-refractivity contribution in [3.8, 4) is 0 Å². The molecule has 1 aromatic rings. The second kappa shape index (κ2) is 6.19. The Hall–Kier alpha value is -1.91. The highest BCUT2D eigenvalue weighted by molar-refractivity contribution is 6.59. The van der Waals surface area contributed by atoms with Crippen LogP contribution in [-0.4, -0.2) is 25.3 Å². The van der Waals surface area contributed by atoms with Crippen LogP contribution in [-0.2, 0) is 19.8 Å². The lowest BCUT2D eigenvalue weighted by molar-refractivity contribution is -0.123. The molecule has 1 unspecified atom stereocenters. The normalized spacial score (nSPS) is 19.0. The third-order valence-corrected chi connectivity index (χ3v) is 6.02. The zero-order chi connectivity index (χ0) is 18.3. The Kier molecular flexibility index (Phi) is 4.75. The van der Waals surface area contributed by atoms with Gasteiger partial charge in [-0.15, -0.1) is 0 Å². The Morgan fingerprint density at radius 2 is 1.71 bits per heavy atom. The van der Waals surface area contributed by atoms with E-state index in [0.29, 0.717) is 18.5 Å². The monoisotopic (exact) mass is 327 g/mol. The van der Waals surface area contributed by atoms with Crippen LogP contribution in [0.5, 0.6) is 0 Å². The topological polar surface area (TPSA) is 54.5 Å². The molecule has 0 bridgehead atoms. The molecule has 1 aliphatic rings. The lowest BCUT2D eigenvalue weighted by Gasteiger charge is -2.40. The van der Waals surface area contributed by atoms with Crippen LogP contribution in [0.2, 0.25) is 0 Å². The van der Waals surface area contributed by atoms with Gasteiger partial charge in [0.05, 0.1) is 11.4 Å². The summed E-state index contributed by atoms with van der Waals surface area (Å²) in [7, 11) is 1.61. The summed E-state index contributed by atoms with van der Waals surface area (Å²) >= 11 is 0. The summed E-state index contributed by atoms with van der Waals surface area (Å²) < 4.78 is 0. The van der Waals surface area contributed by atoms with Gasteiger partial charge in [0, 0.05) is 23.2 Å². The molecule has 5 heteroatoms. The van der Waals surface area contributed by atoms with E-state index >= 15 is 0 Å². The molecule has 128 valence electrons. The minimum atomic E-state index is -0.513. The van der Waals surface area contributed by atoms with Crippen LogP contribution >= 0.6 is 0 Å². The standard InChI is InChI=1S/C19H26BNO3/c1-6-12-11-15(22)21(16(12)23)14-9-7-13(8-10-14)18(2,3)19(4,5)17(20)24/h7-10,12H,6,11,20H2,1-5H3. The van der Waals surface area contributed by atoms with Crippen molar-refractivity contribution in [3.05, 3.63) is 29.8 Å². The van der Waals surface area contributed by atoms with Crippen molar-refractivity contribution >= 4 is 31.0 Å². The number of anilines is 1. The summed E-state index contributed by atoms with van der Waals surface area (Å²) in [6, 6.07) is 7.45. The molecule has 0 spiro atoms. The van der Waals surface area contributed by atoms with Crippen LogP contribution in [0.1, 0.15) is 53.0 Å². The fraction of sp³-hybridized carbons (Fsp3) is 0.526. The predicted octanol–water partition coefficient (Wildman–Crippen LogP) is 2.44. The fourth-order valence-corrected chi connectivity index (χ4v) is 3.11. The molecule has 2 amide bonds. The highest BCUT2D eigenvalue weighted by Crippen LogP contribution is 2.42. The third kappa shape index (κ3) is 2.81. The van der Waals surface area contributed by atoms with E-state index in [-0.39, 0.29) is 28.8 Å². The zero-order valence-electron chi connectivity index (χ0n) is 15.5. The molecular weight excluding hydrogens is 301 g/mol. The molecule has 0 N–H and O–H groups in total. The number of carbonyl (C=O) groups excluding carboxylic acids is 3. The van der Waals surface area contributed by atoms with Gasteiger partial charge in [0.25, 0.3) is 0 Å². The highest BCUT2D eigenvalue weighted by Gasteiger charge is 2.42. The quantitative estimate of drug-likeness (QED) is 0.616. The average molecular weight is 327 g/mol. The van der Waals surface area contributed by atoms with Crippen LogP contribution in [0.4, 0.5) is 5.69 Å². The number of benzene rings is 1. The summed E-state index contributed by atoms with van der Waals surface area (Å²) in [5.41, 5.74) is 0.884. The maximum absolute atomic E-state index is 12.3. The molecule has 0 radical (unpaired) electrons. The van der Waals surface area contributed by atoms with E-state index in [1.807, 2.05) is 46.8 Å². The molecule has 24 heavy (non-hydrogen) atoms. The summed E-state index contributed by atoms with van der Waals surface area (Å²) in [5.74, 6) is -0.452. The average Bonchev–Trinajstić information content (AvgIpc) is 2.81. The molecule has 1 saturated heterocycles. The van der Waals surface area contributed by atoms with Crippen LogP contribution in [0.25, 0.3) is 0 Å². The fourth-order valence-electron chi connectivity index (χ4n) is 3.11. The lowest BCUT2D eigenvalue weighted by atomic mass is 9.58. The van der Waals surface area contributed by atoms with Crippen molar-refractivity contribution < 1.29 is 14.4 Å². The number of imide groups is 1. The van der Waals surface area contributed by atoms with E-state index < -0.39 is 5.41 Å². The van der Waals surface area contributed by atoms with Crippen molar-refractivity contribution in [3.63, 3.8) is 0 Å². The van der Waals surface area contributed by atoms with Gasteiger partial charge < -0.3 is 4.79 Å². The first-order valence-corrected chi connectivity index (χ1v) is 8.52. The van der Waals surface area contributed by atoms with Crippen molar-refractivity contribution in [2.45, 2.75) is 52.9 Å². The molecule has 4 nitrogen and oxygen atoms in total. The SMILES string of the molecule is BC(=O)C(C)(C)C(C)(C)c1ccc(N2C(=O)CC(CC)C2=O)cc1. The van der Waals surface area contributed by atoms with Crippen LogP contribution < -0.4 is 4.90 Å². The molecule has 1 fully saturated rings. The summed E-state index contributed by atoms with van der Waals surface area (Å²) in [6.07, 6.45) is 0.971. The molecule has 0 aromatic heterocycles. The van der Waals surface area contributed by atoms with E-state index in [0.717, 1.165) is 5.56 Å². The Labute approximate surface area is 145 Å². The number of nitrogens with zero attached hydrogens (tertiary/aromatic N) is 1. The number of rotatable bonds is 5. The second-order valence-electron chi connectivity index (χ2n) is 7.73. The summed E-state index contributed by atoms with van der Waals surface area (Å²) in [5, 5.41) is 0. The van der Waals surface area contributed by atoms with Crippen LogP contribution in [0.15, 0.2) is 24.3 Å². The Morgan fingerprint density at radius 1 is 1.17 bits per heavy atom. The van der Waals surface area contributed by atoms with Crippen LogP contribution in [0.3, 0.4) is 0 Å². The van der Waals surface area contributed by atoms with Gasteiger partial charge in [-0.2, -0.15) is 0 Å². The number of hydrogen-bond acceptors (Lipinski definition) is 3. The van der Waals surface area contributed by atoms with Gasteiger partial charge >= 0.3 is 0 Å². The molecule has 1 atom stereocenters. The molecular formula is C19H26BNO3. The van der Waals surface area contributed by atoms with E-state index in [2.05, 4.69) is 0 Å². The van der Waals surface area contributed by atoms with Gasteiger partial charge in [-0.3, -0.25) is 14.5 Å². The van der Waals surface area contributed by atoms with Gasteiger partial charge in [0.2, 0.25) is 11.8 Å². The maximum Gasteiger partial charge on any atom is 0.237 e. The van der Waals surface area contributed by atoms with E-state index in [4.69, 9.17) is 0 Å². The molecule has 1 aliphatic heterocycles. The molecule has 1 aromatic carbocycles. The Balaban J connectivity index is 2.34. The number of hydrogen-bond donors (Lipinski definition) is 0.